The summed E-state index contributed by atoms with van der Waals surface area (Å²) < 4.78 is 17.6. The fraction of sp³-hybridized carbons (Fsp3) is 0.190. The molecule has 3 aromatic heterocycles. The lowest BCUT2D eigenvalue weighted by molar-refractivity contribution is 0.0942. The van der Waals surface area contributed by atoms with Gasteiger partial charge in [0.2, 0.25) is 11.8 Å². The van der Waals surface area contributed by atoms with Gasteiger partial charge in [-0.1, -0.05) is 0 Å². The minimum atomic E-state index is -0.294. The predicted molar refractivity (Wildman–Crippen MR) is 111 cm³/mol. The number of hydrogen-bond acceptors (Lipinski definition) is 8. The molecule has 4 aromatic rings. The van der Waals surface area contributed by atoms with E-state index in [4.69, 9.17) is 14.2 Å². The average Bonchev–Trinajstić information content (AvgIpc) is 3.25. The van der Waals surface area contributed by atoms with Crippen LogP contribution in [0.3, 0.4) is 0 Å². The van der Waals surface area contributed by atoms with E-state index in [-0.39, 0.29) is 24.9 Å². The Balaban J connectivity index is 1.40. The number of carbonyl (C=O) groups excluding carboxylic acids is 1. The molecule has 10 heteroatoms. The van der Waals surface area contributed by atoms with Crippen molar-refractivity contribution in [3.05, 3.63) is 60.3 Å². The highest BCUT2D eigenvalue weighted by Crippen LogP contribution is 2.21. The van der Waals surface area contributed by atoms with Crippen molar-refractivity contribution in [2.45, 2.75) is 0 Å². The van der Waals surface area contributed by atoms with Crippen molar-refractivity contribution in [2.75, 3.05) is 27.4 Å². The van der Waals surface area contributed by atoms with Crippen LogP contribution in [-0.4, -0.2) is 58.1 Å². The molecule has 0 atom stereocenters. The van der Waals surface area contributed by atoms with E-state index in [0.717, 1.165) is 11.3 Å². The number of benzene rings is 1. The number of carbonyl (C=O) groups is 1. The maximum atomic E-state index is 12.3. The van der Waals surface area contributed by atoms with Gasteiger partial charge in [0, 0.05) is 17.8 Å². The average molecular weight is 420 g/mol. The van der Waals surface area contributed by atoms with Gasteiger partial charge in [0.25, 0.3) is 5.91 Å². The molecule has 1 aromatic carbocycles. The SMILES string of the molecule is COc1ccc(-c2nnc3ccc(OCCNC(=O)c4cccnc4OC)nn23)cc1. The Bertz CT molecular complexity index is 1190. The van der Waals surface area contributed by atoms with Crippen molar-refractivity contribution in [1.29, 1.82) is 0 Å². The summed E-state index contributed by atoms with van der Waals surface area (Å²) in [6.07, 6.45) is 1.56. The topological polar surface area (TPSA) is 113 Å². The van der Waals surface area contributed by atoms with Crippen molar-refractivity contribution in [2.24, 2.45) is 0 Å². The van der Waals surface area contributed by atoms with Crippen LogP contribution in [0.2, 0.25) is 0 Å². The standard InChI is InChI=1S/C21H20N6O4/c1-29-15-7-5-14(6-8-15)19-25-24-17-9-10-18(26-27(17)19)31-13-12-22-20(28)16-4-3-11-23-21(16)30-2/h3-11H,12-13H2,1-2H3,(H,22,28). The van der Waals surface area contributed by atoms with E-state index < -0.39 is 0 Å². The quantitative estimate of drug-likeness (QED) is 0.431. The van der Waals surface area contributed by atoms with Crippen molar-refractivity contribution in [3.8, 4) is 28.9 Å². The molecule has 31 heavy (non-hydrogen) atoms. The molecule has 0 saturated carbocycles. The second kappa shape index (κ2) is 9.08. The highest BCUT2D eigenvalue weighted by molar-refractivity contribution is 5.96. The molecule has 4 rings (SSSR count). The maximum absolute atomic E-state index is 12.3. The molecule has 158 valence electrons. The number of pyridine rings is 1. The van der Waals surface area contributed by atoms with Crippen LogP contribution in [0.1, 0.15) is 10.4 Å². The zero-order valence-electron chi connectivity index (χ0n) is 17.0. The summed E-state index contributed by atoms with van der Waals surface area (Å²) in [7, 11) is 3.08. The molecule has 1 amide bonds. The molecule has 0 spiro atoms. The van der Waals surface area contributed by atoms with Crippen LogP contribution in [0.25, 0.3) is 17.0 Å². The highest BCUT2D eigenvalue weighted by atomic mass is 16.5. The fourth-order valence-corrected chi connectivity index (χ4v) is 2.91. The highest BCUT2D eigenvalue weighted by Gasteiger charge is 2.13. The van der Waals surface area contributed by atoms with Crippen molar-refractivity contribution in [3.63, 3.8) is 0 Å². The summed E-state index contributed by atoms with van der Waals surface area (Å²) in [5.41, 5.74) is 1.80. The minimum absolute atomic E-state index is 0.229. The van der Waals surface area contributed by atoms with Crippen LogP contribution in [0.15, 0.2) is 54.7 Å². The summed E-state index contributed by atoms with van der Waals surface area (Å²) >= 11 is 0. The molecule has 0 radical (unpaired) electrons. The third-order valence-electron chi connectivity index (χ3n) is 4.43. The summed E-state index contributed by atoms with van der Waals surface area (Å²) in [4.78, 5) is 16.3. The van der Waals surface area contributed by atoms with Gasteiger partial charge in [-0.25, -0.2) is 4.98 Å². The maximum Gasteiger partial charge on any atom is 0.256 e. The smallest absolute Gasteiger partial charge is 0.256 e. The molecule has 0 unspecified atom stereocenters. The second-order valence-electron chi connectivity index (χ2n) is 6.36. The first-order chi connectivity index (χ1) is 15.2. The summed E-state index contributed by atoms with van der Waals surface area (Å²) in [5, 5.41) is 15.6. The third kappa shape index (κ3) is 4.37. The first-order valence-electron chi connectivity index (χ1n) is 9.46. The number of nitrogens with zero attached hydrogens (tertiary/aromatic N) is 5. The molecule has 0 aliphatic heterocycles. The number of nitrogens with one attached hydrogen (secondary N) is 1. The molecule has 1 N–H and O–H groups in total. The molecule has 0 aliphatic carbocycles. The lowest BCUT2D eigenvalue weighted by atomic mass is 10.2. The second-order valence-corrected chi connectivity index (χ2v) is 6.36. The number of ether oxygens (including phenoxy) is 3. The molecule has 10 nitrogen and oxygen atoms in total. The number of aromatic nitrogens is 5. The van der Waals surface area contributed by atoms with Crippen LogP contribution in [-0.2, 0) is 0 Å². The summed E-state index contributed by atoms with van der Waals surface area (Å²) in [5.74, 6) is 1.69. The zero-order chi connectivity index (χ0) is 21.6. The first kappa shape index (κ1) is 20.1. The molecular formula is C21H20N6O4. The zero-order valence-corrected chi connectivity index (χ0v) is 17.0. The van der Waals surface area contributed by atoms with Crippen LogP contribution in [0, 0.1) is 0 Å². The number of fused-ring (bicyclic) bond motifs is 1. The van der Waals surface area contributed by atoms with Gasteiger partial charge in [-0.3, -0.25) is 4.79 Å². The molecule has 0 saturated heterocycles. The van der Waals surface area contributed by atoms with Crippen LogP contribution in [0.5, 0.6) is 17.5 Å². The Morgan fingerprint density at radius 3 is 2.65 bits per heavy atom. The number of rotatable bonds is 8. The Morgan fingerprint density at radius 1 is 1.03 bits per heavy atom. The van der Waals surface area contributed by atoms with Crippen molar-refractivity contribution < 1.29 is 19.0 Å². The van der Waals surface area contributed by atoms with E-state index in [0.29, 0.717) is 22.9 Å². The Morgan fingerprint density at radius 2 is 1.87 bits per heavy atom. The van der Waals surface area contributed by atoms with E-state index in [1.165, 1.54) is 7.11 Å². The third-order valence-corrected chi connectivity index (χ3v) is 4.43. The molecule has 0 aliphatic rings. The van der Waals surface area contributed by atoms with Gasteiger partial charge >= 0.3 is 0 Å². The van der Waals surface area contributed by atoms with Gasteiger partial charge in [-0.2, -0.15) is 4.52 Å². The largest absolute Gasteiger partial charge is 0.497 e. The van der Waals surface area contributed by atoms with Crippen molar-refractivity contribution in [1.82, 2.24) is 30.1 Å². The van der Waals surface area contributed by atoms with E-state index in [1.54, 1.807) is 42.1 Å². The van der Waals surface area contributed by atoms with Gasteiger partial charge in [0.15, 0.2) is 11.5 Å². The van der Waals surface area contributed by atoms with Crippen molar-refractivity contribution >= 4 is 11.6 Å². The normalized spacial score (nSPS) is 10.6. The number of methoxy groups -OCH3 is 2. The van der Waals surface area contributed by atoms with Gasteiger partial charge in [-0.15, -0.1) is 15.3 Å². The molecular weight excluding hydrogens is 400 g/mol. The Labute approximate surface area is 177 Å². The Hall–Kier alpha value is -4.21. The first-order valence-corrected chi connectivity index (χ1v) is 9.46. The van der Waals surface area contributed by atoms with Gasteiger partial charge in [0.05, 0.1) is 20.8 Å². The van der Waals surface area contributed by atoms with E-state index >= 15 is 0 Å². The number of amides is 1. The molecule has 0 fully saturated rings. The van der Waals surface area contributed by atoms with Gasteiger partial charge in [0.1, 0.15) is 17.9 Å². The lowest BCUT2D eigenvalue weighted by Crippen LogP contribution is -2.28. The monoisotopic (exact) mass is 420 g/mol. The van der Waals surface area contributed by atoms with Gasteiger partial charge in [-0.05, 0) is 42.5 Å². The van der Waals surface area contributed by atoms with E-state index in [9.17, 15) is 4.79 Å². The predicted octanol–water partition coefficient (Wildman–Crippen LogP) is 2.01. The van der Waals surface area contributed by atoms with Crippen LogP contribution < -0.4 is 19.5 Å². The number of hydrogen-bond donors (Lipinski definition) is 1. The molecule has 3 heterocycles. The lowest BCUT2D eigenvalue weighted by Gasteiger charge is -2.09. The molecule has 0 bridgehead atoms. The summed E-state index contributed by atoms with van der Waals surface area (Å²) in [6, 6.07) is 14.2. The van der Waals surface area contributed by atoms with E-state index in [1.807, 2.05) is 24.3 Å². The van der Waals surface area contributed by atoms with E-state index in [2.05, 4.69) is 25.6 Å². The fourth-order valence-electron chi connectivity index (χ4n) is 2.91. The van der Waals surface area contributed by atoms with Crippen LogP contribution >= 0.6 is 0 Å². The minimum Gasteiger partial charge on any atom is -0.497 e. The van der Waals surface area contributed by atoms with Crippen LogP contribution in [0.4, 0.5) is 0 Å². The Kier molecular flexibility index (Phi) is 5.88. The van der Waals surface area contributed by atoms with Gasteiger partial charge < -0.3 is 19.5 Å². The summed E-state index contributed by atoms with van der Waals surface area (Å²) in [6.45, 7) is 0.511.